The first-order chi connectivity index (χ1) is 6.20. The quantitative estimate of drug-likeness (QED) is 0.640. The van der Waals surface area contributed by atoms with Gasteiger partial charge in [0.05, 0.1) is 5.76 Å². The van der Waals surface area contributed by atoms with Crippen LogP contribution in [0.15, 0.2) is 41.7 Å². The van der Waals surface area contributed by atoms with Crippen molar-refractivity contribution in [3.8, 4) is 0 Å². The van der Waals surface area contributed by atoms with E-state index >= 15 is 0 Å². The Bertz CT molecular complexity index is 281. The summed E-state index contributed by atoms with van der Waals surface area (Å²) in [6.45, 7) is 6.77. The third-order valence-corrected chi connectivity index (χ3v) is 2.00. The molecule has 0 saturated carbocycles. The summed E-state index contributed by atoms with van der Waals surface area (Å²) in [6, 6.07) is 10.2. The molecule has 1 nitrogen and oxygen atoms in total. The van der Waals surface area contributed by atoms with E-state index < -0.39 is 0 Å². The number of ether oxygens (including phenoxy) is 1. The molecule has 0 heterocycles. The topological polar surface area (TPSA) is 9.23 Å². The molecule has 1 heteroatoms. The lowest BCUT2D eigenvalue weighted by Crippen LogP contribution is -1.91. The Hall–Kier alpha value is -1.24. The molecule has 0 unspecified atom stereocenters. The molecule has 1 aromatic rings. The van der Waals surface area contributed by atoms with Crippen molar-refractivity contribution in [1.29, 1.82) is 0 Å². The van der Waals surface area contributed by atoms with E-state index in [9.17, 15) is 0 Å². The van der Waals surface area contributed by atoms with Gasteiger partial charge in [-0.1, -0.05) is 30.3 Å². The number of allylic oxidation sites excluding steroid dienone is 2. The van der Waals surface area contributed by atoms with Crippen LogP contribution in [0.5, 0.6) is 0 Å². The van der Waals surface area contributed by atoms with Crippen LogP contribution >= 0.6 is 0 Å². The van der Waals surface area contributed by atoms with Gasteiger partial charge < -0.3 is 4.74 Å². The fourth-order valence-electron chi connectivity index (χ4n) is 0.910. The van der Waals surface area contributed by atoms with Gasteiger partial charge in [0.25, 0.3) is 0 Å². The molecule has 0 atom stereocenters. The molecule has 0 N–H and O–H groups in total. The molecule has 0 radical (unpaired) electrons. The van der Waals surface area contributed by atoms with Gasteiger partial charge in [-0.15, -0.1) is 0 Å². The van der Waals surface area contributed by atoms with Crippen LogP contribution in [-0.4, -0.2) is 0 Å². The van der Waals surface area contributed by atoms with Gasteiger partial charge in [-0.05, 0) is 31.9 Å². The van der Waals surface area contributed by atoms with Crippen LogP contribution in [0.4, 0.5) is 0 Å². The monoisotopic (exact) mass is 176 g/mol. The van der Waals surface area contributed by atoms with Crippen LogP contribution in [0.2, 0.25) is 0 Å². The highest BCUT2D eigenvalue weighted by molar-refractivity contribution is 5.14. The largest absolute Gasteiger partial charge is 0.494 e. The third-order valence-electron chi connectivity index (χ3n) is 2.00. The highest BCUT2D eigenvalue weighted by atomic mass is 16.5. The molecule has 0 aliphatic carbocycles. The fraction of sp³-hybridized carbons (Fsp3) is 0.333. The van der Waals surface area contributed by atoms with Gasteiger partial charge in [0.2, 0.25) is 0 Å². The number of rotatable bonds is 3. The predicted octanol–water partition coefficient (Wildman–Crippen LogP) is 3.52. The third kappa shape index (κ3) is 3.32. The zero-order valence-corrected chi connectivity index (χ0v) is 8.50. The second-order valence-corrected chi connectivity index (χ2v) is 3.33. The van der Waals surface area contributed by atoms with E-state index in [1.165, 1.54) is 11.1 Å². The summed E-state index contributed by atoms with van der Waals surface area (Å²) in [6.07, 6.45) is 0. The molecule has 0 aromatic heterocycles. The molecular weight excluding hydrogens is 160 g/mol. The van der Waals surface area contributed by atoms with Crippen LogP contribution < -0.4 is 0 Å². The maximum absolute atomic E-state index is 5.57. The van der Waals surface area contributed by atoms with E-state index in [4.69, 9.17) is 4.74 Å². The van der Waals surface area contributed by atoms with Crippen molar-refractivity contribution in [3.63, 3.8) is 0 Å². The first kappa shape index (κ1) is 9.85. The molecule has 1 rings (SSSR count). The van der Waals surface area contributed by atoms with Gasteiger partial charge in [0, 0.05) is 0 Å². The maximum atomic E-state index is 5.57. The van der Waals surface area contributed by atoms with Crippen LogP contribution in [0.3, 0.4) is 0 Å². The Labute approximate surface area is 80.0 Å². The number of benzene rings is 1. The van der Waals surface area contributed by atoms with Crippen molar-refractivity contribution >= 4 is 0 Å². The molecule has 1 aromatic carbocycles. The first-order valence-electron chi connectivity index (χ1n) is 4.51. The summed E-state index contributed by atoms with van der Waals surface area (Å²) >= 11 is 0. The minimum absolute atomic E-state index is 0.665. The molecule has 0 saturated heterocycles. The molecule has 70 valence electrons. The van der Waals surface area contributed by atoms with Gasteiger partial charge in [0.15, 0.2) is 0 Å². The summed E-state index contributed by atoms with van der Waals surface area (Å²) in [5.41, 5.74) is 2.44. The van der Waals surface area contributed by atoms with Crippen molar-refractivity contribution in [2.24, 2.45) is 0 Å². The van der Waals surface area contributed by atoms with Crippen molar-refractivity contribution in [2.75, 3.05) is 0 Å². The minimum atomic E-state index is 0.665. The highest BCUT2D eigenvalue weighted by Gasteiger charge is 1.94. The second kappa shape index (κ2) is 4.70. The van der Waals surface area contributed by atoms with Crippen LogP contribution in [0, 0.1) is 0 Å². The van der Waals surface area contributed by atoms with Gasteiger partial charge in [0.1, 0.15) is 6.61 Å². The summed E-state index contributed by atoms with van der Waals surface area (Å²) in [5, 5.41) is 0. The summed E-state index contributed by atoms with van der Waals surface area (Å²) in [4.78, 5) is 0. The average Bonchev–Trinajstić information content (AvgIpc) is 2.15. The molecule has 0 spiro atoms. The average molecular weight is 176 g/mol. The van der Waals surface area contributed by atoms with Gasteiger partial charge in [-0.3, -0.25) is 0 Å². The van der Waals surface area contributed by atoms with Crippen LogP contribution in [0.1, 0.15) is 26.3 Å². The molecule has 0 fully saturated rings. The standard InChI is InChI=1S/C12H16O/c1-10(2)11(3)13-9-12-7-5-4-6-8-12/h4-8H,9H2,1-3H3. The Morgan fingerprint density at radius 1 is 1.08 bits per heavy atom. The Morgan fingerprint density at radius 2 is 1.69 bits per heavy atom. The zero-order valence-electron chi connectivity index (χ0n) is 8.50. The lowest BCUT2D eigenvalue weighted by Gasteiger charge is -2.07. The first-order valence-corrected chi connectivity index (χ1v) is 4.51. The maximum Gasteiger partial charge on any atom is 0.113 e. The predicted molar refractivity (Wildman–Crippen MR) is 55.3 cm³/mol. The van der Waals surface area contributed by atoms with E-state index in [1.807, 2.05) is 25.1 Å². The Morgan fingerprint density at radius 3 is 2.23 bits per heavy atom. The van der Waals surface area contributed by atoms with Crippen molar-refractivity contribution < 1.29 is 4.74 Å². The van der Waals surface area contributed by atoms with Gasteiger partial charge in [-0.2, -0.15) is 0 Å². The van der Waals surface area contributed by atoms with E-state index in [2.05, 4.69) is 26.0 Å². The van der Waals surface area contributed by atoms with E-state index in [-0.39, 0.29) is 0 Å². The van der Waals surface area contributed by atoms with Gasteiger partial charge >= 0.3 is 0 Å². The summed E-state index contributed by atoms with van der Waals surface area (Å²) < 4.78 is 5.57. The Balaban J connectivity index is 2.49. The number of hydrogen-bond donors (Lipinski definition) is 0. The molecule has 0 amide bonds. The fourth-order valence-corrected chi connectivity index (χ4v) is 0.910. The lowest BCUT2D eigenvalue weighted by atomic mass is 10.2. The second-order valence-electron chi connectivity index (χ2n) is 3.33. The van der Waals surface area contributed by atoms with Crippen molar-refractivity contribution in [1.82, 2.24) is 0 Å². The SMILES string of the molecule is CC(C)=C(C)OCc1ccccc1. The molecule has 0 aliphatic heterocycles. The van der Waals surface area contributed by atoms with E-state index in [0.29, 0.717) is 6.61 Å². The molecule has 0 aliphatic rings. The molecule has 13 heavy (non-hydrogen) atoms. The zero-order chi connectivity index (χ0) is 9.68. The summed E-state index contributed by atoms with van der Waals surface area (Å²) in [7, 11) is 0. The normalized spacial score (nSPS) is 9.46. The van der Waals surface area contributed by atoms with Crippen molar-refractivity contribution in [2.45, 2.75) is 27.4 Å². The van der Waals surface area contributed by atoms with Crippen LogP contribution in [-0.2, 0) is 11.3 Å². The lowest BCUT2D eigenvalue weighted by molar-refractivity contribution is 0.197. The van der Waals surface area contributed by atoms with Crippen LogP contribution in [0.25, 0.3) is 0 Å². The van der Waals surface area contributed by atoms with Gasteiger partial charge in [-0.25, -0.2) is 0 Å². The van der Waals surface area contributed by atoms with E-state index in [1.54, 1.807) is 0 Å². The smallest absolute Gasteiger partial charge is 0.113 e. The number of hydrogen-bond acceptors (Lipinski definition) is 1. The molecule has 0 bridgehead atoms. The highest BCUT2D eigenvalue weighted by Crippen LogP contribution is 2.08. The summed E-state index contributed by atoms with van der Waals surface area (Å²) in [5.74, 6) is 1.02. The minimum Gasteiger partial charge on any atom is -0.494 e. The Kier molecular flexibility index (Phi) is 3.56. The molecular formula is C12H16O. The van der Waals surface area contributed by atoms with E-state index in [0.717, 1.165) is 5.76 Å². The van der Waals surface area contributed by atoms with Crippen molar-refractivity contribution in [3.05, 3.63) is 47.2 Å².